The van der Waals surface area contributed by atoms with Gasteiger partial charge >= 0.3 is 22.8 Å². The molecule has 2 aliphatic carbocycles. The Morgan fingerprint density at radius 3 is 1.92 bits per heavy atom. The second-order valence-electron chi connectivity index (χ2n) is 12.2. The summed E-state index contributed by atoms with van der Waals surface area (Å²) in [5.41, 5.74) is 1.26. The first-order valence-electron chi connectivity index (χ1n) is 16.7. The van der Waals surface area contributed by atoms with Gasteiger partial charge in [-0.25, -0.2) is 4.79 Å². The van der Waals surface area contributed by atoms with Crippen LogP contribution < -0.4 is 15.2 Å². The summed E-state index contributed by atoms with van der Waals surface area (Å²) in [5, 5.41) is 11.9. The maximum absolute atomic E-state index is 13.1. The molecule has 1 aliphatic heterocycles. The molecule has 264 valence electrons. The van der Waals surface area contributed by atoms with E-state index in [0.717, 1.165) is 22.6 Å². The van der Waals surface area contributed by atoms with E-state index in [1.54, 1.807) is 20.4 Å². The molecule has 1 N–H and O–H groups in total. The van der Waals surface area contributed by atoms with Crippen LogP contribution in [0.1, 0.15) is 35.1 Å². The number of hydrogen-bond donors (Lipinski definition) is 1. The van der Waals surface area contributed by atoms with Crippen molar-refractivity contribution >= 4 is 11.1 Å². The van der Waals surface area contributed by atoms with Crippen molar-refractivity contribution in [3.05, 3.63) is 188 Å². The topological polar surface area (TPSA) is 105 Å². The van der Waals surface area contributed by atoms with Crippen molar-refractivity contribution in [2.24, 2.45) is 0 Å². The molecule has 1 saturated heterocycles. The number of fused-ring (bicyclic) bond motifs is 1. The molecule has 3 atom stereocenters. The molecule has 2 saturated carbocycles. The second kappa shape index (κ2) is 17.3. The summed E-state index contributed by atoms with van der Waals surface area (Å²) in [6.45, 7) is 0.0297. The Kier molecular flexibility index (Phi) is 12.6. The van der Waals surface area contributed by atoms with Gasteiger partial charge in [0.25, 0.3) is 0 Å². The van der Waals surface area contributed by atoms with Crippen LogP contribution in [0.2, 0.25) is 0 Å². The maximum Gasteiger partial charge on any atom is 2.00 e. The molecule has 0 unspecified atom stereocenters. The molecule has 3 aromatic carbocycles. The Morgan fingerprint density at radius 2 is 1.37 bits per heavy atom. The van der Waals surface area contributed by atoms with Crippen molar-refractivity contribution in [1.29, 1.82) is 0 Å². The fraction of sp³-hybridized carbons (Fsp3) is 0.190. The van der Waals surface area contributed by atoms with Crippen molar-refractivity contribution in [3.63, 3.8) is 0 Å². The number of furan rings is 1. The molecule has 3 heterocycles. The molecule has 0 bridgehead atoms. The Balaban J connectivity index is 0.000000714. The van der Waals surface area contributed by atoms with Gasteiger partial charge in [-0.05, 0) is 105 Å². The minimum Gasteiger partial charge on any atom is -0.497 e. The third-order valence-corrected chi connectivity index (χ3v) is 9.09. The van der Waals surface area contributed by atoms with Crippen molar-refractivity contribution in [1.82, 2.24) is 9.55 Å². The molecule has 9 nitrogen and oxygen atoms in total. The zero-order chi connectivity index (χ0) is 35.2. The second-order valence-corrected chi connectivity index (χ2v) is 12.2. The number of hydrogen-bond acceptors (Lipinski definition) is 8. The number of ether oxygens (including phenoxy) is 4. The molecular formula is C42H38FeN2O7+2. The number of benzene rings is 3. The van der Waals surface area contributed by atoms with Gasteiger partial charge in [0.2, 0.25) is 5.71 Å². The van der Waals surface area contributed by atoms with Crippen molar-refractivity contribution in [2.75, 3.05) is 20.8 Å². The summed E-state index contributed by atoms with van der Waals surface area (Å²) >= 11 is 0. The fourth-order valence-electron chi connectivity index (χ4n) is 6.45. The normalized spacial score (nSPS) is 20.3. The average Bonchev–Trinajstić information content (AvgIpc) is 4.02. The predicted octanol–water partition coefficient (Wildman–Crippen LogP) is 6.44. The summed E-state index contributed by atoms with van der Waals surface area (Å²) in [6, 6.07) is 27.2. The third-order valence-electron chi connectivity index (χ3n) is 9.09. The van der Waals surface area contributed by atoms with Crippen LogP contribution in [0, 0.1) is 63.7 Å². The van der Waals surface area contributed by atoms with Crippen molar-refractivity contribution < 1.29 is 45.5 Å². The minimum atomic E-state index is -1.08. The molecule has 8 rings (SSSR count). The van der Waals surface area contributed by atoms with Gasteiger partial charge in [0.1, 0.15) is 35.2 Å². The largest absolute Gasteiger partial charge is 2.00 e. The van der Waals surface area contributed by atoms with Crippen LogP contribution in [-0.4, -0.2) is 47.7 Å². The first kappa shape index (κ1) is 37.8. The molecule has 5 aromatic rings. The van der Waals surface area contributed by atoms with Gasteiger partial charge in [-0.3, -0.25) is 4.57 Å². The predicted molar refractivity (Wildman–Crippen MR) is 192 cm³/mol. The number of aliphatic hydroxyl groups is 1. The Morgan fingerprint density at radius 1 is 0.808 bits per heavy atom. The minimum absolute atomic E-state index is 0. The Bertz CT molecular complexity index is 1860. The summed E-state index contributed by atoms with van der Waals surface area (Å²) in [5.74, 6) is 2.96. The quantitative estimate of drug-likeness (QED) is 0.129. The van der Waals surface area contributed by atoms with Gasteiger partial charge < -0.3 is 28.5 Å². The molecule has 10 radical (unpaired) electrons. The van der Waals surface area contributed by atoms with E-state index in [1.807, 2.05) is 143 Å². The Labute approximate surface area is 315 Å². The van der Waals surface area contributed by atoms with Crippen LogP contribution in [0.3, 0.4) is 0 Å². The summed E-state index contributed by atoms with van der Waals surface area (Å²) in [7, 11) is 3.25. The first-order chi connectivity index (χ1) is 25.0. The van der Waals surface area contributed by atoms with Crippen LogP contribution in [-0.2, 0) is 32.1 Å². The molecular weight excluding hydrogens is 700 g/mol. The number of rotatable bonds is 10. The molecule has 3 aliphatic rings. The monoisotopic (exact) mass is 738 g/mol. The average molecular weight is 739 g/mol. The molecule has 52 heavy (non-hydrogen) atoms. The van der Waals surface area contributed by atoms with E-state index < -0.39 is 29.7 Å². The standard InChI is InChI=1S/C37H33N2O7.C5H5.Fe/c1-42-29-16-12-27(13-17-29)37(26-10-4-3-5-11-26,28-14-18-30(43-2)19-15-28)44-23-33-31(40)21-34(45-33)39-22-25-20-32(24-8-6-7-9-24)46-35(25)38-36(39)41;1-2-4-5-3-1;/h3-20,22,31,33-34,40H,21,23H2,1-2H3;1-5H;/q;;+2/t31-,33+,34+;;/m0../s1. The van der Waals surface area contributed by atoms with Gasteiger partial charge in [0, 0.05) is 18.5 Å². The van der Waals surface area contributed by atoms with Gasteiger partial charge in [-0.1, -0.05) is 54.6 Å². The summed E-state index contributed by atoms with van der Waals surface area (Å²) < 4.78 is 31.4. The van der Waals surface area contributed by atoms with E-state index in [2.05, 4.69) is 4.98 Å². The number of aromatic nitrogens is 2. The Hall–Kier alpha value is -3.92. The van der Waals surface area contributed by atoms with Crippen molar-refractivity contribution in [3.8, 4) is 11.5 Å². The molecule has 2 aromatic heterocycles. The number of aliphatic hydroxyl groups excluding tert-OH is 1. The summed E-state index contributed by atoms with van der Waals surface area (Å²) in [6.07, 6.45) is 17.2. The van der Waals surface area contributed by atoms with E-state index in [-0.39, 0.29) is 35.8 Å². The van der Waals surface area contributed by atoms with Crippen LogP contribution in [0.4, 0.5) is 0 Å². The van der Waals surface area contributed by atoms with Crippen LogP contribution in [0.15, 0.2) is 100 Å². The van der Waals surface area contributed by atoms with E-state index in [9.17, 15) is 9.90 Å². The van der Waals surface area contributed by atoms with E-state index in [0.29, 0.717) is 22.6 Å². The van der Waals surface area contributed by atoms with E-state index >= 15 is 0 Å². The SMILES string of the molecule is COc1ccc(C(OC[C@H]2O[C@@H](n3cc4cc([C]5[CH][CH][CH][CH]5)oc4nc3=O)C[C@@H]2O)(c2ccccc2)c2ccc(OC)cc2)cc1.[CH]1[CH][CH][CH][CH]1.[Fe+2]. The third kappa shape index (κ3) is 8.02. The van der Waals surface area contributed by atoms with Crippen LogP contribution >= 0.6 is 0 Å². The fourth-order valence-corrected chi connectivity index (χ4v) is 6.45. The number of nitrogens with zero attached hydrogens (tertiary/aromatic N) is 2. The first-order valence-corrected chi connectivity index (χ1v) is 16.7. The molecule has 0 amide bonds. The molecule has 0 spiro atoms. The zero-order valence-corrected chi connectivity index (χ0v) is 29.8. The van der Waals surface area contributed by atoms with Crippen LogP contribution in [0.5, 0.6) is 11.5 Å². The molecule has 3 fully saturated rings. The van der Waals surface area contributed by atoms with Gasteiger partial charge in [-0.15, -0.1) is 0 Å². The van der Waals surface area contributed by atoms with Gasteiger partial charge in [0.05, 0.1) is 32.3 Å². The molecule has 10 heteroatoms. The maximum atomic E-state index is 13.1. The summed E-state index contributed by atoms with van der Waals surface area (Å²) in [4.78, 5) is 17.2. The smallest absolute Gasteiger partial charge is 0.497 e. The van der Waals surface area contributed by atoms with Crippen molar-refractivity contribution in [2.45, 2.75) is 30.5 Å². The zero-order valence-electron chi connectivity index (χ0n) is 28.6. The van der Waals surface area contributed by atoms with E-state index in [1.165, 1.54) is 4.57 Å². The number of methoxy groups -OCH3 is 2. The van der Waals surface area contributed by atoms with Gasteiger partial charge in [-0.2, -0.15) is 4.98 Å². The van der Waals surface area contributed by atoms with E-state index in [4.69, 9.17) is 23.4 Å². The van der Waals surface area contributed by atoms with Crippen LogP contribution in [0.25, 0.3) is 11.1 Å². The van der Waals surface area contributed by atoms with Gasteiger partial charge in [0.15, 0.2) is 0 Å².